The van der Waals surface area contributed by atoms with E-state index in [1.54, 1.807) is 24.5 Å². The summed E-state index contributed by atoms with van der Waals surface area (Å²) in [6.45, 7) is 0.503. The standard InChI is InChI=1S/C23H19FN2O4/c24-19-10-16(15-2-1-5-25-11-15)8-17-9-18(30-23(17)19)12-26-22(27)7-14-3-4-20-21(6-14)29-13-28-20/h1-6,8,10-11,18H,7,9,12-13H2,(H,26,27). The van der Waals surface area contributed by atoms with Crippen LogP contribution in [0.4, 0.5) is 4.39 Å². The Morgan fingerprint density at radius 1 is 1.13 bits per heavy atom. The van der Waals surface area contributed by atoms with E-state index in [1.165, 1.54) is 6.07 Å². The van der Waals surface area contributed by atoms with E-state index in [0.29, 0.717) is 24.5 Å². The van der Waals surface area contributed by atoms with Crippen molar-refractivity contribution in [2.45, 2.75) is 18.9 Å². The maximum absolute atomic E-state index is 14.6. The van der Waals surface area contributed by atoms with E-state index in [2.05, 4.69) is 10.3 Å². The number of hydrogen-bond donors (Lipinski definition) is 1. The van der Waals surface area contributed by atoms with E-state index >= 15 is 0 Å². The minimum atomic E-state index is -0.402. The number of benzene rings is 2. The molecule has 1 N–H and O–H groups in total. The predicted octanol–water partition coefficient (Wildman–Crippen LogP) is 3.28. The van der Waals surface area contributed by atoms with Crippen LogP contribution < -0.4 is 19.5 Å². The topological polar surface area (TPSA) is 69.7 Å². The molecule has 1 unspecified atom stereocenters. The zero-order chi connectivity index (χ0) is 20.5. The number of carbonyl (C=O) groups excluding carboxylic acids is 1. The first-order valence-electron chi connectivity index (χ1n) is 9.70. The molecule has 2 aliphatic rings. The van der Waals surface area contributed by atoms with Crippen molar-refractivity contribution in [2.75, 3.05) is 13.3 Å². The first kappa shape index (κ1) is 18.4. The highest BCUT2D eigenvalue weighted by atomic mass is 19.1. The van der Waals surface area contributed by atoms with Crippen LogP contribution in [-0.4, -0.2) is 30.3 Å². The highest BCUT2D eigenvalue weighted by Crippen LogP contribution is 2.36. The molecule has 0 fully saturated rings. The SMILES string of the molecule is O=C(Cc1ccc2c(c1)OCO2)NCC1Cc2cc(-c3cccnc3)cc(F)c2O1. The number of carbonyl (C=O) groups is 1. The van der Waals surface area contributed by atoms with E-state index < -0.39 is 5.82 Å². The second-order valence-corrected chi connectivity index (χ2v) is 7.30. The smallest absolute Gasteiger partial charge is 0.231 e. The second kappa shape index (κ2) is 7.67. The van der Waals surface area contributed by atoms with E-state index in [9.17, 15) is 9.18 Å². The molecule has 2 aromatic carbocycles. The number of rotatable bonds is 5. The summed E-state index contributed by atoms with van der Waals surface area (Å²) in [7, 11) is 0. The number of fused-ring (bicyclic) bond motifs is 2. The number of aromatic nitrogens is 1. The molecule has 1 aromatic heterocycles. The Bertz CT molecular complexity index is 1100. The van der Waals surface area contributed by atoms with Crippen molar-refractivity contribution < 1.29 is 23.4 Å². The summed E-state index contributed by atoms with van der Waals surface area (Å²) in [5.74, 6) is 1.06. The fourth-order valence-electron chi connectivity index (χ4n) is 3.73. The maximum Gasteiger partial charge on any atom is 0.231 e. The summed E-state index contributed by atoms with van der Waals surface area (Å²) in [6.07, 6.45) is 3.82. The van der Waals surface area contributed by atoms with Crippen molar-refractivity contribution in [2.24, 2.45) is 0 Å². The minimum absolute atomic E-state index is 0.134. The Labute approximate surface area is 172 Å². The van der Waals surface area contributed by atoms with Crippen molar-refractivity contribution in [1.29, 1.82) is 0 Å². The van der Waals surface area contributed by atoms with Crippen LogP contribution in [0.2, 0.25) is 0 Å². The quantitative estimate of drug-likeness (QED) is 0.704. The van der Waals surface area contributed by atoms with Gasteiger partial charge >= 0.3 is 0 Å². The van der Waals surface area contributed by atoms with Gasteiger partial charge in [0.2, 0.25) is 12.7 Å². The van der Waals surface area contributed by atoms with Crippen LogP contribution in [0.25, 0.3) is 11.1 Å². The first-order chi connectivity index (χ1) is 14.7. The van der Waals surface area contributed by atoms with Gasteiger partial charge in [-0.2, -0.15) is 0 Å². The Hall–Kier alpha value is -3.61. The van der Waals surface area contributed by atoms with Crippen LogP contribution in [0.1, 0.15) is 11.1 Å². The molecular weight excluding hydrogens is 387 g/mol. The number of amides is 1. The summed E-state index contributed by atoms with van der Waals surface area (Å²) < 4.78 is 30.9. The van der Waals surface area contributed by atoms with Gasteiger partial charge in [0.25, 0.3) is 0 Å². The average Bonchev–Trinajstić information content (AvgIpc) is 3.39. The molecule has 7 heteroatoms. The first-order valence-corrected chi connectivity index (χ1v) is 9.70. The van der Waals surface area contributed by atoms with E-state index in [1.807, 2.05) is 24.3 Å². The Balaban J connectivity index is 1.20. The third-order valence-corrected chi connectivity index (χ3v) is 5.18. The number of ether oxygens (including phenoxy) is 3. The number of pyridine rings is 1. The van der Waals surface area contributed by atoms with Crippen LogP contribution in [0, 0.1) is 5.82 Å². The third kappa shape index (κ3) is 3.66. The van der Waals surface area contributed by atoms with Crippen LogP contribution in [0.5, 0.6) is 17.2 Å². The Morgan fingerprint density at radius 2 is 2.03 bits per heavy atom. The molecule has 0 bridgehead atoms. The van der Waals surface area contributed by atoms with Crippen molar-refractivity contribution in [3.8, 4) is 28.4 Å². The van der Waals surface area contributed by atoms with E-state index in [4.69, 9.17) is 14.2 Å². The molecule has 0 saturated heterocycles. The lowest BCUT2D eigenvalue weighted by Crippen LogP contribution is -2.35. The molecule has 1 amide bonds. The highest BCUT2D eigenvalue weighted by Gasteiger charge is 2.27. The molecule has 0 radical (unpaired) electrons. The Kier molecular flexibility index (Phi) is 4.71. The predicted molar refractivity (Wildman–Crippen MR) is 107 cm³/mol. The lowest BCUT2D eigenvalue weighted by molar-refractivity contribution is -0.120. The molecule has 0 saturated carbocycles. The average molecular weight is 406 g/mol. The van der Waals surface area contributed by atoms with Crippen molar-refractivity contribution in [3.63, 3.8) is 0 Å². The van der Waals surface area contributed by atoms with E-state index in [-0.39, 0.29) is 31.0 Å². The zero-order valence-electron chi connectivity index (χ0n) is 16.1. The minimum Gasteiger partial charge on any atom is -0.485 e. The fourth-order valence-corrected chi connectivity index (χ4v) is 3.73. The fraction of sp³-hybridized carbons (Fsp3) is 0.217. The molecule has 3 aromatic rings. The lowest BCUT2D eigenvalue weighted by Gasteiger charge is -2.12. The largest absolute Gasteiger partial charge is 0.485 e. The van der Waals surface area contributed by atoms with Gasteiger partial charge in [-0.15, -0.1) is 0 Å². The van der Waals surface area contributed by atoms with Gasteiger partial charge in [0.15, 0.2) is 23.1 Å². The van der Waals surface area contributed by atoms with Gasteiger partial charge in [-0.3, -0.25) is 9.78 Å². The summed E-state index contributed by atoms with van der Waals surface area (Å²) >= 11 is 0. The molecule has 30 heavy (non-hydrogen) atoms. The molecule has 0 spiro atoms. The summed E-state index contributed by atoms with van der Waals surface area (Å²) in [4.78, 5) is 16.4. The second-order valence-electron chi connectivity index (χ2n) is 7.30. The van der Waals surface area contributed by atoms with Crippen LogP contribution in [-0.2, 0) is 17.6 Å². The highest BCUT2D eigenvalue weighted by molar-refractivity contribution is 5.79. The van der Waals surface area contributed by atoms with E-state index in [0.717, 1.165) is 22.3 Å². The van der Waals surface area contributed by atoms with Gasteiger partial charge < -0.3 is 19.5 Å². The van der Waals surface area contributed by atoms with Crippen LogP contribution >= 0.6 is 0 Å². The lowest BCUT2D eigenvalue weighted by atomic mass is 10.0. The normalized spacial score (nSPS) is 16.1. The van der Waals surface area contributed by atoms with Gasteiger partial charge in [0, 0.05) is 29.9 Å². The molecule has 6 nitrogen and oxygen atoms in total. The molecule has 0 aliphatic carbocycles. The molecule has 152 valence electrons. The van der Waals surface area contributed by atoms with Gasteiger partial charge in [-0.1, -0.05) is 12.1 Å². The summed E-state index contributed by atoms with van der Waals surface area (Å²) in [5.41, 5.74) is 3.23. The maximum atomic E-state index is 14.6. The van der Waals surface area contributed by atoms with Crippen molar-refractivity contribution in [3.05, 3.63) is 71.8 Å². The summed E-state index contributed by atoms with van der Waals surface area (Å²) in [5, 5.41) is 2.87. The molecule has 5 rings (SSSR count). The summed E-state index contributed by atoms with van der Waals surface area (Å²) in [6, 6.07) is 12.5. The molecular formula is C23H19FN2O4. The zero-order valence-corrected chi connectivity index (χ0v) is 16.1. The Morgan fingerprint density at radius 3 is 2.90 bits per heavy atom. The number of nitrogens with zero attached hydrogens (tertiary/aromatic N) is 1. The van der Waals surface area contributed by atoms with Gasteiger partial charge in [0.1, 0.15) is 6.10 Å². The van der Waals surface area contributed by atoms with Gasteiger partial charge in [-0.05, 0) is 41.5 Å². The number of halogens is 1. The monoisotopic (exact) mass is 406 g/mol. The molecule has 1 atom stereocenters. The van der Waals surface area contributed by atoms with Crippen LogP contribution in [0.15, 0.2) is 54.9 Å². The van der Waals surface area contributed by atoms with Crippen molar-refractivity contribution >= 4 is 5.91 Å². The molecule has 3 heterocycles. The third-order valence-electron chi connectivity index (χ3n) is 5.18. The van der Waals surface area contributed by atoms with Gasteiger partial charge in [-0.25, -0.2) is 4.39 Å². The number of nitrogens with one attached hydrogen (secondary N) is 1. The van der Waals surface area contributed by atoms with Gasteiger partial charge in [0.05, 0.1) is 13.0 Å². The van der Waals surface area contributed by atoms with Crippen LogP contribution in [0.3, 0.4) is 0 Å². The van der Waals surface area contributed by atoms with Crippen molar-refractivity contribution in [1.82, 2.24) is 10.3 Å². The molecule has 2 aliphatic heterocycles. The number of hydrogen-bond acceptors (Lipinski definition) is 5.